The van der Waals surface area contributed by atoms with Crippen LogP contribution >= 0.6 is 23.2 Å². The average molecular weight is 283 g/mol. The molecule has 0 saturated heterocycles. The molecule has 0 aliphatic carbocycles. The van der Waals surface area contributed by atoms with Gasteiger partial charge in [0.25, 0.3) is 0 Å². The molecule has 18 heavy (non-hydrogen) atoms. The summed E-state index contributed by atoms with van der Waals surface area (Å²) >= 11 is 11.8. The lowest BCUT2D eigenvalue weighted by molar-refractivity contribution is 0.103. The van der Waals surface area contributed by atoms with E-state index in [4.69, 9.17) is 23.2 Å². The van der Waals surface area contributed by atoms with Gasteiger partial charge in [-0.3, -0.25) is 4.79 Å². The van der Waals surface area contributed by atoms with Gasteiger partial charge in [0.2, 0.25) is 0 Å². The molecule has 0 bridgehead atoms. The second-order valence-electron chi connectivity index (χ2n) is 3.89. The van der Waals surface area contributed by atoms with E-state index in [0.717, 1.165) is 0 Å². The number of benzene rings is 2. The predicted molar refractivity (Wildman–Crippen MR) is 71.0 cm³/mol. The van der Waals surface area contributed by atoms with Crippen molar-refractivity contribution in [1.82, 2.24) is 0 Å². The monoisotopic (exact) mass is 282 g/mol. The number of halogens is 3. The molecule has 2 rings (SSSR count). The lowest BCUT2D eigenvalue weighted by Crippen LogP contribution is -2.05. The third-order valence-corrected chi connectivity index (χ3v) is 3.46. The van der Waals surface area contributed by atoms with Gasteiger partial charge in [-0.2, -0.15) is 0 Å². The SMILES string of the molecule is Cc1ccc(F)cc1C(=O)c1cccc(Cl)c1Cl. The first-order chi connectivity index (χ1) is 8.50. The molecule has 0 aromatic heterocycles. The third kappa shape index (κ3) is 2.40. The number of carbonyl (C=O) groups is 1. The van der Waals surface area contributed by atoms with Crippen molar-refractivity contribution in [3.05, 3.63) is 69.0 Å². The molecule has 0 N–H and O–H groups in total. The standard InChI is InChI=1S/C14H9Cl2FO/c1-8-5-6-9(17)7-11(8)14(18)10-3-2-4-12(15)13(10)16/h2-7H,1H3. The first kappa shape index (κ1) is 13.1. The van der Waals surface area contributed by atoms with Crippen molar-refractivity contribution in [1.29, 1.82) is 0 Å². The topological polar surface area (TPSA) is 17.1 Å². The van der Waals surface area contributed by atoms with Crippen LogP contribution in [0.3, 0.4) is 0 Å². The van der Waals surface area contributed by atoms with Crippen molar-refractivity contribution in [2.45, 2.75) is 6.92 Å². The zero-order valence-corrected chi connectivity index (χ0v) is 11.0. The number of ketones is 1. The van der Waals surface area contributed by atoms with Gasteiger partial charge in [-0.05, 0) is 36.8 Å². The van der Waals surface area contributed by atoms with E-state index in [2.05, 4.69) is 0 Å². The van der Waals surface area contributed by atoms with Crippen LogP contribution in [0.2, 0.25) is 10.0 Å². The quantitative estimate of drug-likeness (QED) is 0.732. The largest absolute Gasteiger partial charge is 0.289 e. The summed E-state index contributed by atoms with van der Waals surface area (Å²) in [5.74, 6) is -0.790. The van der Waals surface area contributed by atoms with Gasteiger partial charge in [0, 0.05) is 11.1 Å². The molecule has 0 atom stereocenters. The van der Waals surface area contributed by atoms with Crippen molar-refractivity contribution in [2.24, 2.45) is 0 Å². The Morgan fingerprint density at radius 2 is 1.83 bits per heavy atom. The predicted octanol–water partition coefficient (Wildman–Crippen LogP) is 4.67. The van der Waals surface area contributed by atoms with Gasteiger partial charge < -0.3 is 0 Å². The highest BCUT2D eigenvalue weighted by molar-refractivity contribution is 6.44. The van der Waals surface area contributed by atoms with Crippen molar-refractivity contribution >= 4 is 29.0 Å². The van der Waals surface area contributed by atoms with Crippen LogP contribution in [-0.4, -0.2) is 5.78 Å². The summed E-state index contributed by atoms with van der Waals surface area (Å²) in [6, 6.07) is 8.87. The summed E-state index contributed by atoms with van der Waals surface area (Å²) in [5, 5.41) is 0.490. The summed E-state index contributed by atoms with van der Waals surface area (Å²) in [4.78, 5) is 12.3. The normalized spacial score (nSPS) is 10.4. The van der Waals surface area contributed by atoms with Crippen molar-refractivity contribution in [3.8, 4) is 0 Å². The van der Waals surface area contributed by atoms with Crippen LogP contribution in [0.25, 0.3) is 0 Å². The average Bonchev–Trinajstić information content (AvgIpc) is 2.35. The van der Waals surface area contributed by atoms with Crippen molar-refractivity contribution < 1.29 is 9.18 Å². The van der Waals surface area contributed by atoms with E-state index < -0.39 is 5.82 Å². The summed E-state index contributed by atoms with van der Waals surface area (Å²) in [6.07, 6.45) is 0. The van der Waals surface area contributed by atoms with E-state index in [1.165, 1.54) is 12.1 Å². The molecule has 1 nitrogen and oxygen atoms in total. The van der Waals surface area contributed by atoms with E-state index in [9.17, 15) is 9.18 Å². The Hall–Kier alpha value is -1.38. The number of aryl methyl sites for hydroxylation is 1. The van der Waals surface area contributed by atoms with E-state index in [1.807, 2.05) is 0 Å². The fraction of sp³-hybridized carbons (Fsp3) is 0.0714. The molecular weight excluding hydrogens is 274 g/mol. The molecule has 4 heteroatoms. The maximum atomic E-state index is 13.2. The van der Waals surface area contributed by atoms with Crippen LogP contribution in [0.1, 0.15) is 21.5 Å². The number of hydrogen-bond donors (Lipinski definition) is 0. The zero-order chi connectivity index (χ0) is 13.3. The summed E-state index contributed by atoms with van der Waals surface area (Å²) in [7, 11) is 0. The maximum Gasteiger partial charge on any atom is 0.194 e. The van der Waals surface area contributed by atoms with Crippen LogP contribution in [0.4, 0.5) is 4.39 Å². The Kier molecular flexibility index (Phi) is 3.69. The second-order valence-corrected chi connectivity index (χ2v) is 4.67. The van der Waals surface area contributed by atoms with Gasteiger partial charge in [-0.1, -0.05) is 35.3 Å². The van der Waals surface area contributed by atoms with Crippen LogP contribution in [0.5, 0.6) is 0 Å². The summed E-state index contributed by atoms with van der Waals surface area (Å²) in [5.41, 5.74) is 1.26. The van der Waals surface area contributed by atoms with Gasteiger partial charge in [0.05, 0.1) is 10.0 Å². The molecule has 0 heterocycles. The highest BCUT2D eigenvalue weighted by atomic mass is 35.5. The molecule has 0 spiro atoms. The van der Waals surface area contributed by atoms with Crippen LogP contribution in [-0.2, 0) is 0 Å². The maximum absolute atomic E-state index is 13.2. The molecule has 0 amide bonds. The lowest BCUT2D eigenvalue weighted by atomic mass is 9.99. The van der Waals surface area contributed by atoms with Gasteiger partial charge in [-0.25, -0.2) is 4.39 Å². The van der Waals surface area contributed by atoms with Gasteiger partial charge in [-0.15, -0.1) is 0 Å². The Bertz CT molecular complexity index is 619. The van der Waals surface area contributed by atoms with E-state index >= 15 is 0 Å². The van der Waals surface area contributed by atoms with E-state index in [-0.39, 0.29) is 16.4 Å². The number of rotatable bonds is 2. The Labute approximate surface area is 114 Å². The van der Waals surface area contributed by atoms with Crippen molar-refractivity contribution in [2.75, 3.05) is 0 Å². The number of hydrogen-bond acceptors (Lipinski definition) is 1. The minimum absolute atomic E-state index is 0.188. The van der Waals surface area contributed by atoms with Crippen LogP contribution in [0, 0.1) is 12.7 Å². The highest BCUT2D eigenvalue weighted by Crippen LogP contribution is 2.28. The molecule has 2 aromatic carbocycles. The highest BCUT2D eigenvalue weighted by Gasteiger charge is 2.17. The first-order valence-electron chi connectivity index (χ1n) is 5.25. The fourth-order valence-electron chi connectivity index (χ4n) is 1.66. The molecule has 0 saturated carbocycles. The number of carbonyl (C=O) groups excluding carboxylic acids is 1. The molecule has 0 aliphatic rings. The van der Waals surface area contributed by atoms with Crippen LogP contribution < -0.4 is 0 Å². The van der Waals surface area contributed by atoms with Gasteiger partial charge in [0.1, 0.15) is 5.82 Å². The molecule has 2 aromatic rings. The summed E-state index contributed by atoms with van der Waals surface area (Å²) < 4.78 is 13.2. The molecule has 0 aliphatic heterocycles. The van der Waals surface area contributed by atoms with Gasteiger partial charge >= 0.3 is 0 Å². The summed E-state index contributed by atoms with van der Waals surface area (Å²) in [6.45, 7) is 1.74. The molecule has 0 unspecified atom stereocenters. The fourth-order valence-corrected chi connectivity index (χ4v) is 2.05. The second kappa shape index (κ2) is 5.09. The van der Waals surface area contributed by atoms with Crippen LogP contribution in [0.15, 0.2) is 36.4 Å². The van der Waals surface area contributed by atoms with E-state index in [0.29, 0.717) is 16.1 Å². The minimum Gasteiger partial charge on any atom is -0.289 e. The van der Waals surface area contributed by atoms with E-state index in [1.54, 1.807) is 31.2 Å². The third-order valence-electron chi connectivity index (χ3n) is 2.64. The first-order valence-corrected chi connectivity index (χ1v) is 6.01. The molecule has 92 valence electrons. The Morgan fingerprint density at radius 3 is 2.56 bits per heavy atom. The Balaban J connectivity index is 2.55. The lowest BCUT2D eigenvalue weighted by Gasteiger charge is -2.07. The zero-order valence-electron chi connectivity index (χ0n) is 9.51. The Morgan fingerprint density at radius 1 is 1.11 bits per heavy atom. The molecule has 0 fully saturated rings. The van der Waals surface area contributed by atoms with Gasteiger partial charge in [0.15, 0.2) is 5.78 Å². The molecule has 0 radical (unpaired) electrons. The minimum atomic E-state index is -0.456. The van der Waals surface area contributed by atoms with Crippen molar-refractivity contribution in [3.63, 3.8) is 0 Å². The molecular formula is C14H9Cl2FO. The smallest absolute Gasteiger partial charge is 0.194 e.